The average molecular weight is 792 g/mol. The minimum atomic E-state index is 0.591. The van der Waals surface area contributed by atoms with Gasteiger partial charge in [0.25, 0.3) is 0 Å². The molecule has 0 atom stereocenters. The fourth-order valence-corrected chi connectivity index (χ4v) is 9.07. The molecule has 0 saturated heterocycles. The topological polar surface area (TPSA) is 43.9 Å². The third-order valence-corrected chi connectivity index (χ3v) is 12.1. The number of benzene rings is 9. The van der Waals surface area contributed by atoms with Gasteiger partial charge >= 0.3 is 0 Å². The Balaban J connectivity index is 0.984. The Bertz CT molecular complexity index is 3600. The van der Waals surface area contributed by atoms with Crippen molar-refractivity contribution in [3.8, 4) is 72.8 Å². The molecule has 0 aliphatic rings. The van der Waals surface area contributed by atoms with Gasteiger partial charge in [0.2, 0.25) is 5.89 Å². The molecule has 0 radical (unpaired) electrons. The van der Waals surface area contributed by atoms with Gasteiger partial charge in [0.1, 0.15) is 5.52 Å². The van der Waals surface area contributed by atoms with Crippen molar-refractivity contribution in [3.05, 3.63) is 225 Å². The molecule has 0 amide bonds. The standard InChI is InChI=1S/C58H37N3O/c1-2-16-48(17-3-1)61-55-21-7-6-19-51(55)53-34-45(30-31-56(53)61)47-35-52(41-24-22-38(23-25-41)43-13-8-14-44(33-43)46-15-10-32-59-37-46)57-54(36-47)60-58(62-57)42-28-26-40(27-29-42)50-20-9-12-39-11-4-5-18-49(39)50/h1-37H. The van der Waals surface area contributed by atoms with Crippen molar-refractivity contribution in [2.24, 2.45) is 0 Å². The van der Waals surface area contributed by atoms with Gasteiger partial charge in [0, 0.05) is 45.5 Å². The number of fused-ring (bicyclic) bond motifs is 5. The number of aromatic nitrogens is 3. The summed E-state index contributed by atoms with van der Waals surface area (Å²) in [6, 6.07) is 75.6. The lowest BCUT2D eigenvalue weighted by Gasteiger charge is -2.10. The highest BCUT2D eigenvalue weighted by atomic mass is 16.3. The van der Waals surface area contributed by atoms with Crippen LogP contribution in [-0.2, 0) is 0 Å². The average Bonchev–Trinajstić information content (AvgIpc) is 3.94. The zero-order valence-electron chi connectivity index (χ0n) is 33.6. The molecule has 0 fully saturated rings. The van der Waals surface area contributed by atoms with E-state index in [9.17, 15) is 0 Å². The summed E-state index contributed by atoms with van der Waals surface area (Å²) in [5.74, 6) is 0.591. The fourth-order valence-electron chi connectivity index (χ4n) is 9.07. The highest BCUT2D eigenvalue weighted by Crippen LogP contribution is 2.41. The number of pyridine rings is 1. The zero-order valence-corrected chi connectivity index (χ0v) is 33.6. The molecule has 4 heteroatoms. The number of rotatable bonds is 7. The SMILES string of the molecule is c1ccc(-n2c3ccccc3c3cc(-c4cc(-c5ccc(-c6cccc(-c7cccnc7)c6)cc5)c5oc(-c6ccc(-c7cccc8ccccc78)cc6)nc5c4)ccc32)cc1. The number of nitrogens with zero attached hydrogens (tertiary/aromatic N) is 3. The van der Waals surface area contributed by atoms with Crippen LogP contribution in [0.5, 0.6) is 0 Å². The van der Waals surface area contributed by atoms with Gasteiger partial charge in [-0.25, -0.2) is 4.98 Å². The van der Waals surface area contributed by atoms with E-state index >= 15 is 0 Å². The van der Waals surface area contributed by atoms with Crippen molar-refractivity contribution in [2.45, 2.75) is 0 Å². The molecule has 62 heavy (non-hydrogen) atoms. The van der Waals surface area contributed by atoms with E-state index in [1.807, 2.05) is 12.3 Å². The summed E-state index contributed by atoms with van der Waals surface area (Å²) in [6.45, 7) is 0. The Morgan fingerprint density at radius 3 is 1.82 bits per heavy atom. The lowest BCUT2D eigenvalue weighted by Crippen LogP contribution is -1.92. The van der Waals surface area contributed by atoms with E-state index in [0.29, 0.717) is 5.89 Å². The maximum absolute atomic E-state index is 6.79. The van der Waals surface area contributed by atoms with Gasteiger partial charge < -0.3 is 8.98 Å². The van der Waals surface area contributed by atoms with Crippen LogP contribution in [0.15, 0.2) is 229 Å². The Hall–Kier alpha value is -8.34. The second-order valence-corrected chi connectivity index (χ2v) is 15.8. The lowest BCUT2D eigenvalue weighted by molar-refractivity contribution is 0.621. The summed E-state index contributed by atoms with van der Waals surface area (Å²) >= 11 is 0. The van der Waals surface area contributed by atoms with E-state index in [4.69, 9.17) is 9.40 Å². The molecule has 0 unspecified atom stereocenters. The second kappa shape index (κ2) is 14.7. The quantitative estimate of drug-likeness (QED) is 0.161. The summed E-state index contributed by atoms with van der Waals surface area (Å²) in [4.78, 5) is 9.53. The molecule has 0 aliphatic carbocycles. The van der Waals surface area contributed by atoms with Crippen molar-refractivity contribution >= 4 is 43.7 Å². The van der Waals surface area contributed by atoms with Crippen LogP contribution in [0.3, 0.4) is 0 Å². The monoisotopic (exact) mass is 791 g/mol. The predicted octanol–water partition coefficient (Wildman–Crippen LogP) is 15.5. The van der Waals surface area contributed by atoms with Crippen LogP contribution in [0.25, 0.3) is 116 Å². The number of hydrogen-bond acceptors (Lipinski definition) is 3. The molecule has 3 heterocycles. The molecule has 9 aromatic carbocycles. The van der Waals surface area contributed by atoms with Crippen molar-refractivity contribution in [3.63, 3.8) is 0 Å². The van der Waals surface area contributed by atoms with Gasteiger partial charge in [-0.15, -0.1) is 0 Å². The first-order valence-electron chi connectivity index (χ1n) is 21.0. The van der Waals surface area contributed by atoms with Crippen LogP contribution in [0.4, 0.5) is 0 Å². The van der Waals surface area contributed by atoms with E-state index in [0.717, 1.165) is 72.4 Å². The highest BCUT2D eigenvalue weighted by Gasteiger charge is 2.19. The molecule has 0 saturated carbocycles. The molecule has 3 aromatic heterocycles. The van der Waals surface area contributed by atoms with Crippen LogP contribution < -0.4 is 0 Å². The van der Waals surface area contributed by atoms with E-state index in [1.54, 1.807) is 6.20 Å². The van der Waals surface area contributed by atoms with Gasteiger partial charge in [0.15, 0.2) is 5.58 Å². The normalized spacial score (nSPS) is 11.5. The number of oxazole rings is 1. The van der Waals surface area contributed by atoms with Gasteiger partial charge in [-0.3, -0.25) is 4.98 Å². The van der Waals surface area contributed by atoms with E-state index in [2.05, 4.69) is 216 Å². The van der Waals surface area contributed by atoms with Crippen molar-refractivity contribution < 1.29 is 4.42 Å². The van der Waals surface area contributed by atoms with Crippen LogP contribution in [0, 0.1) is 0 Å². The largest absolute Gasteiger partial charge is 0.435 e. The van der Waals surface area contributed by atoms with Crippen LogP contribution >= 0.6 is 0 Å². The van der Waals surface area contributed by atoms with E-state index in [1.165, 1.54) is 38.1 Å². The minimum absolute atomic E-state index is 0.591. The Labute approximate surface area is 358 Å². The van der Waals surface area contributed by atoms with E-state index in [-0.39, 0.29) is 0 Å². The van der Waals surface area contributed by atoms with Gasteiger partial charge in [-0.1, -0.05) is 146 Å². The molecular formula is C58H37N3O. The van der Waals surface area contributed by atoms with Crippen molar-refractivity contribution in [2.75, 3.05) is 0 Å². The maximum atomic E-state index is 6.79. The fraction of sp³-hybridized carbons (Fsp3) is 0. The smallest absolute Gasteiger partial charge is 0.227 e. The molecule has 12 rings (SSSR count). The first-order valence-corrected chi connectivity index (χ1v) is 21.0. The first kappa shape index (κ1) is 35.6. The Morgan fingerprint density at radius 2 is 1.00 bits per heavy atom. The van der Waals surface area contributed by atoms with Crippen molar-refractivity contribution in [1.82, 2.24) is 14.5 Å². The summed E-state index contributed by atoms with van der Waals surface area (Å²) in [5, 5.41) is 4.88. The van der Waals surface area contributed by atoms with Crippen LogP contribution in [-0.4, -0.2) is 14.5 Å². The van der Waals surface area contributed by atoms with Crippen LogP contribution in [0.1, 0.15) is 0 Å². The summed E-state index contributed by atoms with van der Waals surface area (Å²) < 4.78 is 9.14. The summed E-state index contributed by atoms with van der Waals surface area (Å²) in [6.07, 6.45) is 3.71. The highest BCUT2D eigenvalue weighted by molar-refractivity contribution is 6.11. The molecule has 0 aliphatic heterocycles. The zero-order chi connectivity index (χ0) is 41.0. The van der Waals surface area contributed by atoms with Gasteiger partial charge in [-0.2, -0.15) is 0 Å². The number of hydrogen-bond donors (Lipinski definition) is 0. The summed E-state index contributed by atoms with van der Waals surface area (Å²) in [7, 11) is 0. The second-order valence-electron chi connectivity index (χ2n) is 15.8. The molecule has 0 bridgehead atoms. The first-order chi connectivity index (χ1) is 30.7. The Kier molecular flexibility index (Phi) is 8.46. The third-order valence-electron chi connectivity index (χ3n) is 12.1. The van der Waals surface area contributed by atoms with Gasteiger partial charge in [0.05, 0.1) is 11.0 Å². The Morgan fingerprint density at radius 1 is 0.371 bits per heavy atom. The van der Waals surface area contributed by atoms with Gasteiger partial charge in [-0.05, 0) is 122 Å². The molecule has 4 nitrogen and oxygen atoms in total. The molecule has 12 aromatic rings. The lowest BCUT2D eigenvalue weighted by atomic mass is 9.95. The molecular weight excluding hydrogens is 755 g/mol. The predicted molar refractivity (Wildman–Crippen MR) is 256 cm³/mol. The maximum Gasteiger partial charge on any atom is 0.227 e. The van der Waals surface area contributed by atoms with Crippen LogP contribution in [0.2, 0.25) is 0 Å². The number of para-hydroxylation sites is 2. The molecule has 290 valence electrons. The molecule has 0 spiro atoms. The van der Waals surface area contributed by atoms with Crippen molar-refractivity contribution in [1.29, 1.82) is 0 Å². The summed E-state index contributed by atoms with van der Waals surface area (Å²) in [5.41, 5.74) is 17.1. The molecule has 0 N–H and O–H groups in total. The third kappa shape index (κ3) is 6.16. The van der Waals surface area contributed by atoms with E-state index < -0.39 is 0 Å². The minimum Gasteiger partial charge on any atom is -0.435 e.